The number of halogens is 1. The van der Waals surface area contributed by atoms with Gasteiger partial charge in [0.1, 0.15) is 0 Å². The van der Waals surface area contributed by atoms with Gasteiger partial charge in [-0.2, -0.15) is 0 Å². The van der Waals surface area contributed by atoms with E-state index in [1.807, 2.05) is 18.2 Å². The molecule has 0 fully saturated rings. The van der Waals surface area contributed by atoms with Crippen LogP contribution in [0.2, 0.25) is 0 Å². The molecule has 16 heavy (non-hydrogen) atoms. The fraction of sp³-hybridized carbons (Fsp3) is 0.250. The lowest BCUT2D eigenvalue weighted by Gasteiger charge is -2.10. The van der Waals surface area contributed by atoms with Crippen molar-refractivity contribution in [2.45, 2.75) is 13.5 Å². The van der Waals surface area contributed by atoms with E-state index in [0.717, 1.165) is 15.7 Å². The molecular weight excluding hydrogens is 270 g/mol. The number of allylic oxidation sites excluding steroid dienone is 1. The Balaban J connectivity index is 2.94. The average molecular weight is 284 g/mol. The molecule has 1 aromatic carbocycles. The van der Waals surface area contributed by atoms with E-state index in [0.29, 0.717) is 6.61 Å². The summed E-state index contributed by atoms with van der Waals surface area (Å²) in [5, 5.41) is 2.80. The molecule has 0 saturated carbocycles. The summed E-state index contributed by atoms with van der Waals surface area (Å²) >= 11 is 3.43. The maximum absolute atomic E-state index is 11.4. The van der Waals surface area contributed by atoms with Crippen LogP contribution in [-0.2, 0) is 16.1 Å². The number of carbonyl (C=O) groups excluding carboxylic acids is 1. The molecule has 4 heteroatoms. The van der Waals surface area contributed by atoms with Crippen molar-refractivity contribution in [1.82, 2.24) is 0 Å². The lowest BCUT2D eigenvalue weighted by Crippen LogP contribution is -2.10. The summed E-state index contributed by atoms with van der Waals surface area (Å²) in [6.07, 6.45) is 3.18. The second-order valence-corrected chi connectivity index (χ2v) is 4.04. The maximum atomic E-state index is 11.4. The molecule has 0 aliphatic rings. The van der Waals surface area contributed by atoms with Crippen LogP contribution >= 0.6 is 15.9 Å². The number of hydrogen-bond acceptors (Lipinski definition) is 2. The predicted molar refractivity (Wildman–Crippen MR) is 68.3 cm³/mol. The van der Waals surface area contributed by atoms with E-state index >= 15 is 0 Å². The molecule has 0 unspecified atom stereocenters. The zero-order valence-electron chi connectivity index (χ0n) is 9.29. The van der Waals surface area contributed by atoms with Gasteiger partial charge in [-0.1, -0.05) is 28.1 Å². The topological polar surface area (TPSA) is 38.3 Å². The summed E-state index contributed by atoms with van der Waals surface area (Å²) in [5.74, 6) is -0.141. The fourth-order valence-corrected chi connectivity index (χ4v) is 1.77. The molecule has 0 aliphatic carbocycles. The van der Waals surface area contributed by atoms with Crippen LogP contribution in [0.15, 0.2) is 34.8 Å². The summed E-state index contributed by atoms with van der Waals surface area (Å²) < 4.78 is 6.02. The van der Waals surface area contributed by atoms with Crippen molar-refractivity contribution in [1.29, 1.82) is 0 Å². The van der Waals surface area contributed by atoms with Crippen LogP contribution in [0.5, 0.6) is 0 Å². The minimum Gasteiger partial charge on any atom is -0.380 e. The highest BCUT2D eigenvalue weighted by atomic mass is 79.9. The van der Waals surface area contributed by atoms with E-state index in [1.54, 1.807) is 20.1 Å². The maximum Gasteiger partial charge on any atom is 0.248 e. The van der Waals surface area contributed by atoms with E-state index in [-0.39, 0.29) is 5.91 Å². The Morgan fingerprint density at radius 2 is 2.31 bits per heavy atom. The third-order valence-corrected chi connectivity index (χ3v) is 2.73. The molecule has 0 atom stereocenters. The predicted octanol–water partition coefficient (Wildman–Crippen LogP) is 3.11. The minimum atomic E-state index is -0.141. The fourth-order valence-electron chi connectivity index (χ4n) is 1.29. The molecule has 1 aromatic rings. The zero-order chi connectivity index (χ0) is 12.0. The average Bonchev–Trinajstić information content (AvgIpc) is 2.23. The van der Waals surface area contributed by atoms with Gasteiger partial charge in [0, 0.05) is 22.8 Å². The number of hydrogen-bond donors (Lipinski definition) is 1. The van der Waals surface area contributed by atoms with Crippen LogP contribution in [0.4, 0.5) is 5.69 Å². The molecule has 0 bridgehead atoms. The smallest absolute Gasteiger partial charge is 0.248 e. The Labute approximate surface area is 104 Å². The number of benzene rings is 1. The van der Waals surface area contributed by atoms with E-state index in [2.05, 4.69) is 21.2 Å². The summed E-state index contributed by atoms with van der Waals surface area (Å²) in [6, 6.07) is 5.63. The number of ether oxygens (including phenoxy) is 1. The summed E-state index contributed by atoms with van der Waals surface area (Å²) in [6.45, 7) is 2.25. The van der Waals surface area contributed by atoms with Crippen LogP contribution in [-0.4, -0.2) is 13.0 Å². The molecular formula is C12H14BrNO2. The second kappa shape index (κ2) is 6.45. The third-order valence-electron chi connectivity index (χ3n) is 1.98. The summed E-state index contributed by atoms with van der Waals surface area (Å²) in [7, 11) is 1.62. The first-order valence-corrected chi connectivity index (χ1v) is 5.68. The molecule has 1 rings (SSSR count). The highest BCUT2D eigenvalue weighted by molar-refractivity contribution is 9.10. The van der Waals surface area contributed by atoms with Gasteiger partial charge in [0.2, 0.25) is 5.91 Å². The van der Waals surface area contributed by atoms with Crippen LogP contribution in [0.1, 0.15) is 12.5 Å². The SMILES string of the molecule is CC=CC(=O)Nc1cccc(Br)c1COC. The van der Waals surface area contributed by atoms with Crippen LogP contribution in [0.3, 0.4) is 0 Å². The van der Waals surface area contributed by atoms with Crippen molar-refractivity contribution in [2.75, 3.05) is 12.4 Å². The Morgan fingerprint density at radius 3 is 2.94 bits per heavy atom. The van der Waals surface area contributed by atoms with E-state index in [4.69, 9.17) is 4.74 Å². The molecule has 0 heterocycles. The number of rotatable bonds is 4. The van der Waals surface area contributed by atoms with Crippen molar-refractivity contribution in [3.8, 4) is 0 Å². The number of carbonyl (C=O) groups is 1. The molecule has 0 spiro atoms. The largest absolute Gasteiger partial charge is 0.380 e. The lowest BCUT2D eigenvalue weighted by molar-refractivity contribution is -0.111. The van der Waals surface area contributed by atoms with Gasteiger partial charge >= 0.3 is 0 Å². The third kappa shape index (κ3) is 3.47. The lowest BCUT2D eigenvalue weighted by atomic mass is 10.2. The van der Waals surface area contributed by atoms with Gasteiger partial charge in [-0.25, -0.2) is 0 Å². The van der Waals surface area contributed by atoms with Crippen molar-refractivity contribution in [3.63, 3.8) is 0 Å². The van der Waals surface area contributed by atoms with Crippen LogP contribution in [0, 0.1) is 0 Å². The highest BCUT2D eigenvalue weighted by Crippen LogP contribution is 2.25. The molecule has 86 valence electrons. The second-order valence-electron chi connectivity index (χ2n) is 3.19. The first-order valence-electron chi connectivity index (χ1n) is 4.89. The molecule has 0 radical (unpaired) electrons. The Hall–Kier alpha value is -1.13. The van der Waals surface area contributed by atoms with Gasteiger partial charge < -0.3 is 10.1 Å². The molecule has 0 saturated heterocycles. The normalized spacial score (nSPS) is 10.7. The monoisotopic (exact) mass is 283 g/mol. The molecule has 0 aliphatic heterocycles. The van der Waals surface area contributed by atoms with Crippen molar-refractivity contribution in [3.05, 3.63) is 40.4 Å². The number of methoxy groups -OCH3 is 1. The van der Waals surface area contributed by atoms with E-state index in [9.17, 15) is 4.79 Å². The zero-order valence-corrected chi connectivity index (χ0v) is 10.9. The van der Waals surface area contributed by atoms with Crippen LogP contribution < -0.4 is 5.32 Å². The Bertz CT molecular complexity index is 402. The Kier molecular flexibility index (Phi) is 5.22. The Morgan fingerprint density at radius 1 is 1.56 bits per heavy atom. The molecule has 1 N–H and O–H groups in total. The highest BCUT2D eigenvalue weighted by Gasteiger charge is 2.07. The van der Waals surface area contributed by atoms with Crippen molar-refractivity contribution >= 4 is 27.5 Å². The number of nitrogens with one attached hydrogen (secondary N) is 1. The van der Waals surface area contributed by atoms with Crippen molar-refractivity contribution in [2.24, 2.45) is 0 Å². The van der Waals surface area contributed by atoms with Crippen molar-refractivity contribution < 1.29 is 9.53 Å². The van der Waals surface area contributed by atoms with E-state index < -0.39 is 0 Å². The molecule has 0 aromatic heterocycles. The standard InChI is InChI=1S/C12H14BrNO2/c1-3-5-12(15)14-11-7-4-6-10(13)9(11)8-16-2/h3-7H,8H2,1-2H3,(H,14,15). The quantitative estimate of drug-likeness (QED) is 0.863. The first-order chi connectivity index (χ1) is 7.69. The molecule has 3 nitrogen and oxygen atoms in total. The van der Waals surface area contributed by atoms with Gasteiger partial charge in [-0.05, 0) is 25.1 Å². The molecule has 1 amide bonds. The number of anilines is 1. The van der Waals surface area contributed by atoms with Gasteiger partial charge in [-0.3, -0.25) is 4.79 Å². The van der Waals surface area contributed by atoms with Gasteiger partial charge in [0.05, 0.1) is 6.61 Å². The summed E-state index contributed by atoms with van der Waals surface area (Å²) in [5.41, 5.74) is 1.70. The summed E-state index contributed by atoms with van der Waals surface area (Å²) in [4.78, 5) is 11.4. The first kappa shape index (κ1) is 12.9. The van der Waals surface area contributed by atoms with Gasteiger partial charge in [0.15, 0.2) is 0 Å². The minimum absolute atomic E-state index is 0.141. The van der Waals surface area contributed by atoms with E-state index in [1.165, 1.54) is 6.08 Å². The van der Waals surface area contributed by atoms with Crippen LogP contribution in [0.25, 0.3) is 0 Å². The van der Waals surface area contributed by atoms with Gasteiger partial charge in [-0.15, -0.1) is 0 Å². The number of amides is 1. The van der Waals surface area contributed by atoms with Gasteiger partial charge in [0.25, 0.3) is 0 Å².